The topological polar surface area (TPSA) is 250 Å². The van der Waals surface area contributed by atoms with Gasteiger partial charge in [0.05, 0.1) is 50.3 Å². The molecular weight excluding hydrogens is 1060 g/mol. The predicted octanol–water partition coefficient (Wildman–Crippen LogP) is 7.75. The quantitative estimate of drug-likeness (QED) is 0.112. The maximum absolute atomic E-state index is 14.8. The average molecular weight is 1130 g/mol. The van der Waals surface area contributed by atoms with Gasteiger partial charge in [0.2, 0.25) is 0 Å². The van der Waals surface area contributed by atoms with E-state index >= 15 is 0 Å². The molecule has 10 rings (SSSR count). The van der Waals surface area contributed by atoms with E-state index in [-0.39, 0.29) is 78.0 Å². The standard InChI is InChI=1S/C53H68Cl4N2O16/c1-23-13-16-53(70-20-23)24(2)37-34(75-53)18-28-27-12-11-25-17-26(14-15-51(25,3)38(27)33(60)19-52(28,37)4)71-47-45(65)43(63)46(36(73-47)22-69-50(67)59-40-31(56)9-6-10-32(40)57)74-48-44(64)42(62)41(61)35(72-48)21-68-49(66)58-39-29(54)7-5-8-30(39)55/h5-10,23-28,34-38,41-48,61-65H,11-22H2,1-4H3,(H,58,66)(H,59,67)/t23-,24+,25+,26+,27?,28?,34?,35+,36+,37?,38?,41-,42+,43-,44+,45+,46-,47-,48+,51+,52+,53-/m1/s1. The molecule has 4 aliphatic heterocycles. The molecule has 18 nitrogen and oxygen atoms in total. The molecule has 22 heteroatoms. The van der Waals surface area contributed by atoms with Crippen molar-refractivity contribution in [1.29, 1.82) is 0 Å². The summed E-state index contributed by atoms with van der Waals surface area (Å²) in [6.07, 6.45) is -12.7. The fraction of sp³-hybridized carbons (Fsp3) is 0.717. The van der Waals surface area contributed by atoms with E-state index in [1.807, 2.05) is 0 Å². The van der Waals surface area contributed by atoms with Gasteiger partial charge in [-0.15, -0.1) is 0 Å². The summed E-state index contributed by atoms with van der Waals surface area (Å²) in [6, 6.07) is 9.16. The van der Waals surface area contributed by atoms with Gasteiger partial charge in [0, 0.05) is 24.7 Å². The number of anilines is 2. The smallest absolute Gasteiger partial charge is 0.411 e. The lowest BCUT2D eigenvalue weighted by molar-refractivity contribution is -0.363. The van der Waals surface area contributed by atoms with Gasteiger partial charge in [-0.3, -0.25) is 15.4 Å². The summed E-state index contributed by atoms with van der Waals surface area (Å²) >= 11 is 24.9. The summed E-state index contributed by atoms with van der Waals surface area (Å²) in [5.41, 5.74) is -0.338. The van der Waals surface area contributed by atoms with E-state index in [4.69, 9.17) is 84.3 Å². The normalized spacial score (nSPS) is 44.2. The second-order valence-corrected chi connectivity index (χ2v) is 24.6. The van der Waals surface area contributed by atoms with Gasteiger partial charge in [-0.05, 0) is 110 Å². The Balaban J connectivity index is 0.812. The fourth-order valence-electron chi connectivity index (χ4n) is 14.8. The number of hydrogen-bond donors (Lipinski definition) is 7. The molecule has 4 heterocycles. The van der Waals surface area contributed by atoms with Gasteiger partial charge in [-0.25, -0.2) is 9.59 Å². The Labute approximate surface area is 455 Å². The second kappa shape index (κ2) is 21.8. The second-order valence-electron chi connectivity index (χ2n) is 23.0. The average Bonchev–Trinajstić information content (AvgIpc) is 3.89. The molecule has 5 unspecified atom stereocenters. The van der Waals surface area contributed by atoms with Crippen LogP contribution in [0, 0.1) is 52.3 Å². The van der Waals surface area contributed by atoms with Gasteiger partial charge in [0.25, 0.3) is 0 Å². The minimum absolute atomic E-state index is 0.0591. The van der Waals surface area contributed by atoms with Crippen molar-refractivity contribution < 1.29 is 77.8 Å². The van der Waals surface area contributed by atoms with Crippen LogP contribution in [-0.4, -0.2) is 143 Å². The number of amides is 2. The molecule has 1 spiro atoms. The van der Waals surface area contributed by atoms with Crippen LogP contribution in [0.3, 0.4) is 0 Å². The molecule has 2 amide bonds. The molecule has 22 atom stereocenters. The van der Waals surface area contributed by atoms with E-state index < -0.39 is 98.7 Å². The van der Waals surface area contributed by atoms with Crippen molar-refractivity contribution in [2.45, 2.75) is 165 Å². The number of carbonyl (C=O) groups excluding carboxylic acids is 3. The Bertz CT molecular complexity index is 2410. The van der Waals surface area contributed by atoms with Crippen molar-refractivity contribution in [3.63, 3.8) is 0 Å². The first-order chi connectivity index (χ1) is 35.6. The van der Waals surface area contributed by atoms with Crippen LogP contribution in [0.1, 0.15) is 85.5 Å². The first-order valence-corrected chi connectivity index (χ1v) is 27.8. The van der Waals surface area contributed by atoms with Gasteiger partial charge in [-0.2, -0.15) is 0 Å². The number of nitrogens with one attached hydrogen (secondary N) is 2. The molecule has 8 fully saturated rings. The third-order valence-corrected chi connectivity index (χ3v) is 19.9. The molecular formula is C53H68Cl4N2O16. The third kappa shape index (κ3) is 10.3. The van der Waals surface area contributed by atoms with Crippen molar-refractivity contribution in [3.8, 4) is 0 Å². The molecule has 7 N–H and O–H groups in total. The summed E-state index contributed by atoms with van der Waals surface area (Å²) in [4.78, 5) is 40.8. The van der Waals surface area contributed by atoms with Crippen LogP contribution in [0.15, 0.2) is 36.4 Å². The highest BCUT2D eigenvalue weighted by molar-refractivity contribution is 6.40. The van der Waals surface area contributed by atoms with Crippen molar-refractivity contribution in [3.05, 3.63) is 56.5 Å². The Morgan fingerprint density at radius 2 is 1.29 bits per heavy atom. The zero-order valence-corrected chi connectivity index (χ0v) is 45.2. The first kappa shape index (κ1) is 55.7. The summed E-state index contributed by atoms with van der Waals surface area (Å²) in [7, 11) is 0. The van der Waals surface area contributed by atoms with Crippen LogP contribution >= 0.6 is 46.4 Å². The van der Waals surface area contributed by atoms with Crippen LogP contribution in [0.4, 0.5) is 21.0 Å². The Morgan fingerprint density at radius 3 is 1.91 bits per heavy atom. The Kier molecular flexibility index (Phi) is 16.2. The van der Waals surface area contributed by atoms with Crippen LogP contribution < -0.4 is 10.6 Å². The monoisotopic (exact) mass is 1130 g/mol. The summed E-state index contributed by atoms with van der Waals surface area (Å²) < 4.78 is 49.0. The van der Waals surface area contributed by atoms with Crippen LogP contribution in [-0.2, 0) is 42.7 Å². The molecule has 4 aliphatic carbocycles. The molecule has 0 aromatic heterocycles. The van der Waals surface area contributed by atoms with Gasteiger partial charge in [0.15, 0.2) is 18.4 Å². The molecule has 75 heavy (non-hydrogen) atoms. The SMILES string of the molecule is C[C@@H]1CC[C@@]2(OC1)OC1CC3C4CC[C@H]5C[C@@H](O[C@@H]6O[C@@H](COC(=O)Nc7c(Cl)cccc7Cl)[C@@H](O[C@@H]7O[C@@H](COC(=O)Nc8c(Cl)cccc8Cl)[C@@H](O)[C@H](O)[C@@H]7O)[C@H](O)[C@@H]6O)CC[C@]5(C)C4C(=O)C[C@]3(C)C1[C@@H]2C. The molecule has 2 aromatic rings. The fourth-order valence-corrected chi connectivity index (χ4v) is 15.8. The van der Waals surface area contributed by atoms with Gasteiger partial charge < -0.3 is 63.4 Å². The Hall–Kier alpha value is -2.63. The minimum Gasteiger partial charge on any atom is -0.446 e. The van der Waals surface area contributed by atoms with Crippen molar-refractivity contribution in [1.82, 2.24) is 0 Å². The molecule has 0 bridgehead atoms. The van der Waals surface area contributed by atoms with E-state index in [1.54, 1.807) is 12.1 Å². The van der Waals surface area contributed by atoms with E-state index in [1.165, 1.54) is 24.3 Å². The zero-order valence-electron chi connectivity index (χ0n) is 42.2. The number of fused-ring (bicyclic) bond motifs is 7. The largest absolute Gasteiger partial charge is 0.446 e. The summed E-state index contributed by atoms with van der Waals surface area (Å²) in [6.45, 7) is 8.47. The Morgan fingerprint density at radius 1 is 0.707 bits per heavy atom. The van der Waals surface area contributed by atoms with Gasteiger partial charge >= 0.3 is 12.2 Å². The van der Waals surface area contributed by atoms with Crippen LogP contribution in [0.25, 0.3) is 0 Å². The number of aliphatic hydroxyl groups excluding tert-OH is 5. The lowest BCUT2D eigenvalue weighted by Crippen LogP contribution is -2.65. The van der Waals surface area contributed by atoms with E-state index in [2.05, 4.69) is 38.3 Å². The first-order valence-electron chi connectivity index (χ1n) is 26.2. The number of ketones is 1. The lowest BCUT2D eigenvalue weighted by Gasteiger charge is -2.60. The number of ether oxygens (including phenoxy) is 8. The molecule has 414 valence electrons. The maximum atomic E-state index is 14.8. The number of benzene rings is 2. The third-order valence-electron chi connectivity index (χ3n) is 18.6. The highest BCUT2D eigenvalue weighted by atomic mass is 35.5. The molecule has 4 saturated heterocycles. The van der Waals surface area contributed by atoms with Crippen molar-refractivity contribution in [2.24, 2.45) is 52.3 Å². The molecule has 0 radical (unpaired) electrons. The van der Waals surface area contributed by atoms with Crippen LogP contribution in [0.2, 0.25) is 20.1 Å². The predicted molar refractivity (Wildman–Crippen MR) is 272 cm³/mol. The molecule has 8 aliphatic rings. The number of rotatable bonds is 10. The number of Topliss-reactive ketones (excluding diaryl/α,β-unsaturated/α-hetero) is 1. The van der Waals surface area contributed by atoms with Gasteiger partial charge in [-0.1, -0.05) is 86.2 Å². The molecule has 4 saturated carbocycles. The van der Waals surface area contributed by atoms with E-state index in [0.29, 0.717) is 49.9 Å². The summed E-state index contributed by atoms with van der Waals surface area (Å²) in [5.74, 6) is 1.31. The minimum atomic E-state index is -1.95. The maximum Gasteiger partial charge on any atom is 0.411 e. The van der Waals surface area contributed by atoms with E-state index in [0.717, 1.165) is 32.1 Å². The van der Waals surface area contributed by atoms with Crippen LogP contribution in [0.5, 0.6) is 0 Å². The number of para-hydroxylation sites is 2. The van der Waals surface area contributed by atoms with E-state index in [9.17, 15) is 39.9 Å². The zero-order chi connectivity index (χ0) is 53.5. The summed E-state index contributed by atoms with van der Waals surface area (Å²) in [5, 5.41) is 61.9. The number of halogens is 4. The lowest BCUT2D eigenvalue weighted by atomic mass is 9.44. The van der Waals surface area contributed by atoms with Crippen molar-refractivity contribution in [2.75, 3.05) is 30.5 Å². The van der Waals surface area contributed by atoms with Gasteiger partial charge in [0.1, 0.15) is 67.8 Å². The highest BCUT2D eigenvalue weighted by Crippen LogP contribution is 2.71. The highest BCUT2D eigenvalue weighted by Gasteiger charge is 2.71. The number of hydrogen-bond acceptors (Lipinski definition) is 16. The number of aliphatic hydroxyl groups is 5. The number of carbonyl (C=O) groups is 3. The van der Waals surface area contributed by atoms with Crippen molar-refractivity contribution >= 4 is 75.7 Å². The molecule has 2 aromatic carbocycles.